The minimum Gasteiger partial charge on any atom is -0.396 e. The first kappa shape index (κ1) is 16.4. The molecule has 0 saturated carbocycles. The molecular formula is C15H24N2O3. The molecule has 0 bridgehead atoms. The minimum absolute atomic E-state index is 0.137. The zero-order valence-electron chi connectivity index (χ0n) is 12.7. The Hall–Kier alpha value is -1.62. The highest BCUT2D eigenvalue weighted by atomic mass is 16.6. The topological polar surface area (TPSA) is 75.4 Å². The SMILES string of the molecule is CCC(CC)(CO)CNc1cc(C)c([N+](=O)[O-])cc1C. The molecule has 0 radical (unpaired) electrons. The molecule has 0 aromatic heterocycles. The number of aliphatic hydroxyl groups is 1. The van der Waals surface area contributed by atoms with Crippen molar-refractivity contribution in [2.45, 2.75) is 40.5 Å². The molecule has 5 nitrogen and oxygen atoms in total. The molecule has 1 rings (SSSR count). The van der Waals surface area contributed by atoms with E-state index >= 15 is 0 Å². The zero-order valence-corrected chi connectivity index (χ0v) is 12.7. The average molecular weight is 280 g/mol. The van der Waals surface area contributed by atoms with Gasteiger partial charge in [-0.15, -0.1) is 0 Å². The molecule has 0 fully saturated rings. The van der Waals surface area contributed by atoms with Gasteiger partial charge < -0.3 is 10.4 Å². The first-order chi connectivity index (χ1) is 9.39. The summed E-state index contributed by atoms with van der Waals surface area (Å²) in [5.74, 6) is 0. The molecule has 0 amide bonds. The third-order valence-corrected chi connectivity index (χ3v) is 4.23. The van der Waals surface area contributed by atoms with Crippen LogP contribution in [-0.4, -0.2) is 23.2 Å². The Bertz CT molecular complexity index is 474. The van der Waals surface area contributed by atoms with Crippen molar-refractivity contribution in [3.8, 4) is 0 Å². The molecule has 20 heavy (non-hydrogen) atoms. The molecule has 5 heteroatoms. The number of nitro benzene ring substituents is 1. The maximum Gasteiger partial charge on any atom is 0.272 e. The van der Waals surface area contributed by atoms with Crippen LogP contribution in [0.3, 0.4) is 0 Å². The fourth-order valence-electron chi connectivity index (χ4n) is 2.25. The molecule has 2 N–H and O–H groups in total. The summed E-state index contributed by atoms with van der Waals surface area (Å²) in [4.78, 5) is 10.5. The van der Waals surface area contributed by atoms with Crippen LogP contribution in [0.2, 0.25) is 0 Å². The predicted octanol–water partition coefficient (Wildman–Crippen LogP) is 3.42. The van der Waals surface area contributed by atoms with E-state index in [1.807, 2.05) is 6.92 Å². The van der Waals surface area contributed by atoms with Gasteiger partial charge in [0.1, 0.15) is 0 Å². The molecule has 0 unspecified atom stereocenters. The van der Waals surface area contributed by atoms with Crippen LogP contribution in [-0.2, 0) is 0 Å². The van der Waals surface area contributed by atoms with Gasteiger partial charge in [0.25, 0.3) is 5.69 Å². The van der Waals surface area contributed by atoms with Crippen LogP contribution in [0.15, 0.2) is 12.1 Å². The van der Waals surface area contributed by atoms with E-state index in [0.29, 0.717) is 12.1 Å². The lowest BCUT2D eigenvalue weighted by Crippen LogP contribution is -2.32. The van der Waals surface area contributed by atoms with Crippen LogP contribution in [0.25, 0.3) is 0 Å². The highest BCUT2D eigenvalue weighted by molar-refractivity contribution is 5.59. The van der Waals surface area contributed by atoms with Crippen molar-refractivity contribution in [3.63, 3.8) is 0 Å². The molecule has 0 atom stereocenters. The van der Waals surface area contributed by atoms with Crippen LogP contribution in [0.5, 0.6) is 0 Å². The molecule has 0 aliphatic carbocycles. The van der Waals surface area contributed by atoms with Crippen molar-refractivity contribution in [2.24, 2.45) is 5.41 Å². The highest BCUT2D eigenvalue weighted by Gasteiger charge is 2.25. The van der Waals surface area contributed by atoms with Crippen molar-refractivity contribution in [1.82, 2.24) is 0 Å². The van der Waals surface area contributed by atoms with E-state index in [1.54, 1.807) is 19.1 Å². The first-order valence-corrected chi connectivity index (χ1v) is 6.99. The van der Waals surface area contributed by atoms with Crippen LogP contribution >= 0.6 is 0 Å². The van der Waals surface area contributed by atoms with E-state index in [4.69, 9.17) is 0 Å². The van der Waals surface area contributed by atoms with Crippen molar-refractivity contribution in [3.05, 3.63) is 33.4 Å². The number of aliphatic hydroxyl groups excluding tert-OH is 1. The van der Waals surface area contributed by atoms with Crippen molar-refractivity contribution in [1.29, 1.82) is 0 Å². The number of hydrogen-bond donors (Lipinski definition) is 2. The van der Waals surface area contributed by atoms with Crippen LogP contribution in [0.4, 0.5) is 11.4 Å². The summed E-state index contributed by atoms with van der Waals surface area (Å²) in [6, 6.07) is 3.40. The summed E-state index contributed by atoms with van der Waals surface area (Å²) >= 11 is 0. The molecule has 1 aromatic carbocycles. The predicted molar refractivity (Wildman–Crippen MR) is 81.2 cm³/mol. The lowest BCUT2D eigenvalue weighted by molar-refractivity contribution is -0.385. The lowest BCUT2D eigenvalue weighted by Gasteiger charge is -2.30. The fraction of sp³-hybridized carbons (Fsp3) is 0.600. The van der Waals surface area contributed by atoms with Gasteiger partial charge in [0.2, 0.25) is 0 Å². The Morgan fingerprint density at radius 3 is 2.30 bits per heavy atom. The Morgan fingerprint density at radius 2 is 1.85 bits per heavy atom. The summed E-state index contributed by atoms with van der Waals surface area (Å²) in [6.45, 7) is 8.52. The quantitative estimate of drug-likeness (QED) is 0.592. The smallest absolute Gasteiger partial charge is 0.272 e. The monoisotopic (exact) mass is 280 g/mol. The van der Waals surface area contributed by atoms with E-state index in [1.165, 1.54) is 0 Å². The van der Waals surface area contributed by atoms with E-state index in [0.717, 1.165) is 24.1 Å². The molecule has 0 spiro atoms. The second kappa shape index (κ2) is 6.70. The van der Waals surface area contributed by atoms with E-state index in [9.17, 15) is 15.2 Å². The molecule has 112 valence electrons. The van der Waals surface area contributed by atoms with Gasteiger partial charge in [-0.2, -0.15) is 0 Å². The van der Waals surface area contributed by atoms with Gasteiger partial charge in [0.05, 0.1) is 11.5 Å². The summed E-state index contributed by atoms with van der Waals surface area (Å²) in [6.07, 6.45) is 1.77. The summed E-state index contributed by atoms with van der Waals surface area (Å²) in [7, 11) is 0. The van der Waals surface area contributed by atoms with Gasteiger partial charge >= 0.3 is 0 Å². The van der Waals surface area contributed by atoms with Gasteiger partial charge in [-0.05, 0) is 38.3 Å². The van der Waals surface area contributed by atoms with Crippen molar-refractivity contribution < 1.29 is 10.0 Å². The van der Waals surface area contributed by atoms with Gasteiger partial charge in [-0.1, -0.05) is 13.8 Å². The Balaban J connectivity index is 2.94. The Labute approximate surface area is 120 Å². The Morgan fingerprint density at radius 1 is 1.25 bits per heavy atom. The highest BCUT2D eigenvalue weighted by Crippen LogP contribution is 2.29. The second-order valence-electron chi connectivity index (χ2n) is 5.43. The van der Waals surface area contributed by atoms with Crippen molar-refractivity contribution >= 4 is 11.4 Å². The minimum atomic E-state index is -0.359. The number of hydrogen-bond acceptors (Lipinski definition) is 4. The third kappa shape index (κ3) is 3.48. The zero-order chi connectivity index (χ0) is 15.3. The van der Waals surface area contributed by atoms with Gasteiger partial charge in [-0.25, -0.2) is 0 Å². The lowest BCUT2D eigenvalue weighted by atomic mass is 9.83. The molecule has 0 heterocycles. The number of benzene rings is 1. The summed E-state index contributed by atoms with van der Waals surface area (Å²) in [5.41, 5.74) is 2.40. The number of rotatable bonds is 7. The number of aryl methyl sites for hydroxylation is 2. The van der Waals surface area contributed by atoms with Gasteiger partial charge in [0, 0.05) is 29.3 Å². The number of anilines is 1. The fourth-order valence-corrected chi connectivity index (χ4v) is 2.25. The summed E-state index contributed by atoms with van der Waals surface area (Å²) < 4.78 is 0. The maximum absolute atomic E-state index is 10.9. The molecular weight excluding hydrogens is 256 g/mol. The van der Waals surface area contributed by atoms with Crippen LogP contribution in [0.1, 0.15) is 37.8 Å². The molecule has 0 aliphatic rings. The van der Waals surface area contributed by atoms with Crippen molar-refractivity contribution in [2.75, 3.05) is 18.5 Å². The number of nitrogens with one attached hydrogen (secondary N) is 1. The van der Waals surface area contributed by atoms with E-state index in [2.05, 4.69) is 19.2 Å². The van der Waals surface area contributed by atoms with E-state index in [-0.39, 0.29) is 22.6 Å². The Kier molecular flexibility index (Phi) is 5.51. The average Bonchev–Trinajstić information content (AvgIpc) is 2.43. The van der Waals surface area contributed by atoms with Gasteiger partial charge in [-0.3, -0.25) is 10.1 Å². The standard InChI is InChI=1S/C15H24N2O3/c1-5-15(6-2,10-18)9-16-13-7-12(4)14(17(19)20)8-11(13)3/h7-8,16,18H,5-6,9-10H2,1-4H3. The molecule has 0 saturated heterocycles. The van der Waals surface area contributed by atoms with Gasteiger partial charge in [0.15, 0.2) is 0 Å². The largest absolute Gasteiger partial charge is 0.396 e. The van der Waals surface area contributed by atoms with Crippen LogP contribution < -0.4 is 5.32 Å². The number of nitro groups is 1. The maximum atomic E-state index is 10.9. The van der Waals surface area contributed by atoms with E-state index < -0.39 is 0 Å². The summed E-state index contributed by atoms with van der Waals surface area (Å²) in [5, 5.41) is 23.8. The second-order valence-corrected chi connectivity index (χ2v) is 5.43. The van der Waals surface area contributed by atoms with Crippen LogP contribution in [0, 0.1) is 29.4 Å². The number of nitrogens with zero attached hydrogens (tertiary/aromatic N) is 1. The normalized spacial score (nSPS) is 11.4. The first-order valence-electron chi connectivity index (χ1n) is 6.99. The third-order valence-electron chi connectivity index (χ3n) is 4.23. The molecule has 1 aromatic rings. The molecule has 0 aliphatic heterocycles.